The number of benzene rings is 1. The first-order chi connectivity index (χ1) is 12.3. The number of hydrogen-bond donors (Lipinski definition) is 2. The number of hydrogen-bond acceptors (Lipinski definition) is 4. The number of para-hydroxylation sites is 1. The summed E-state index contributed by atoms with van der Waals surface area (Å²) in [4.78, 5) is 9.22. The summed E-state index contributed by atoms with van der Waals surface area (Å²) in [6, 6.07) is 9.93. The molecule has 25 heavy (non-hydrogen) atoms. The summed E-state index contributed by atoms with van der Waals surface area (Å²) in [7, 11) is 4.02. The van der Waals surface area contributed by atoms with Crippen LogP contribution in [0.15, 0.2) is 35.3 Å². The van der Waals surface area contributed by atoms with E-state index in [1.807, 2.05) is 37.4 Å². The van der Waals surface area contributed by atoms with Gasteiger partial charge >= 0.3 is 0 Å². The summed E-state index contributed by atoms with van der Waals surface area (Å²) in [5.41, 5.74) is 0. The summed E-state index contributed by atoms with van der Waals surface area (Å²) in [6.07, 6.45) is 2.19. The molecular weight excluding hydrogens is 314 g/mol. The molecule has 0 aromatic heterocycles. The molecule has 0 atom stereocenters. The van der Waals surface area contributed by atoms with E-state index in [-0.39, 0.29) is 0 Å². The average Bonchev–Trinajstić information content (AvgIpc) is 2.85. The zero-order chi connectivity index (χ0) is 17.7. The van der Waals surface area contributed by atoms with Gasteiger partial charge in [-0.1, -0.05) is 18.2 Å². The summed E-state index contributed by atoms with van der Waals surface area (Å²) in [6.45, 7) is 8.24. The highest BCUT2D eigenvalue weighted by Gasteiger charge is 2.11. The van der Waals surface area contributed by atoms with Crippen LogP contribution in [-0.2, 0) is 0 Å². The Hall–Kier alpha value is -1.79. The highest BCUT2D eigenvalue weighted by molar-refractivity contribution is 5.79. The van der Waals surface area contributed by atoms with Gasteiger partial charge in [0.15, 0.2) is 5.96 Å². The third-order valence-corrected chi connectivity index (χ3v) is 4.38. The quantitative estimate of drug-likeness (QED) is 0.421. The predicted molar refractivity (Wildman–Crippen MR) is 104 cm³/mol. The lowest BCUT2D eigenvalue weighted by atomic mass is 10.3. The van der Waals surface area contributed by atoms with Crippen molar-refractivity contribution in [2.75, 3.05) is 66.5 Å². The standard InChI is InChI=1S/C19H33N5O/c1-20-19(21-10-6-17-25-18-8-4-3-5-9-18)22-11-14-24-13-7-12-23(2)15-16-24/h3-5,8-9H,6-7,10-17H2,1-2H3,(H2,20,21,22). The van der Waals surface area contributed by atoms with Crippen LogP contribution in [0.5, 0.6) is 5.75 Å². The predicted octanol–water partition coefficient (Wildman–Crippen LogP) is 1.26. The van der Waals surface area contributed by atoms with Gasteiger partial charge in [-0.25, -0.2) is 0 Å². The number of nitrogens with zero attached hydrogens (tertiary/aromatic N) is 3. The molecule has 1 heterocycles. The number of guanidine groups is 1. The normalized spacial score (nSPS) is 17.1. The molecule has 1 aliphatic heterocycles. The van der Waals surface area contributed by atoms with Crippen molar-refractivity contribution < 1.29 is 4.74 Å². The fourth-order valence-electron chi connectivity index (χ4n) is 2.86. The second-order valence-electron chi connectivity index (χ2n) is 6.44. The smallest absolute Gasteiger partial charge is 0.191 e. The molecule has 0 spiro atoms. The van der Waals surface area contributed by atoms with Gasteiger partial charge in [0, 0.05) is 39.8 Å². The van der Waals surface area contributed by atoms with Crippen molar-refractivity contribution in [3.63, 3.8) is 0 Å². The molecule has 1 aliphatic rings. The van der Waals surface area contributed by atoms with Crippen molar-refractivity contribution in [3.8, 4) is 5.75 Å². The van der Waals surface area contributed by atoms with Crippen LogP contribution in [0, 0.1) is 0 Å². The largest absolute Gasteiger partial charge is 0.494 e. The van der Waals surface area contributed by atoms with Crippen molar-refractivity contribution >= 4 is 5.96 Å². The number of rotatable bonds is 8. The maximum Gasteiger partial charge on any atom is 0.191 e. The van der Waals surface area contributed by atoms with Gasteiger partial charge in [-0.3, -0.25) is 4.99 Å². The van der Waals surface area contributed by atoms with Gasteiger partial charge in [0.1, 0.15) is 5.75 Å². The number of ether oxygens (including phenoxy) is 1. The average molecular weight is 348 g/mol. The molecule has 2 rings (SSSR count). The second kappa shape index (κ2) is 11.7. The molecule has 1 saturated heterocycles. The molecule has 1 aromatic carbocycles. The molecule has 0 amide bonds. The van der Waals surface area contributed by atoms with Crippen LogP contribution < -0.4 is 15.4 Å². The molecule has 0 aliphatic carbocycles. The van der Waals surface area contributed by atoms with Crippen LogP contribution in [0.1, 0.15) is 12.8 Å². The molecule has 1 aromatic rings. The SMILES string of the molecule is CN=C(NCCCOc1ccccc1)NCCN1CCCN(C)CC1. The first kappa shape index (κ1) is 19.5. The molecule has 1 fully saturated rings. The molecule has 140 valence electrons. The first-order valence-corrected chi connectivity index (χ1v) is 9.31. The van der Waals surface area contributed by atoms with Crippen LogP contribution in [-0.4, -0.2) is 82.3 Å². The van der Waals surface area contributed by atoms with E-state index in [1.165, 1.54) is 19.5 Å². The Bertz CT molecular complexity index is 494. The van der Waals surface area contributed by atoms with E-state index in [0.717, 1.165) is 50.9 Å². The third kappa shape index (κ3) is 8.23. The molecule has 6 nitrogen and oxygen atoms in total. The van der Waals surface area contributed by atoms with Crippen LogP contribution in [0.2, 0.25) is 0 Å². The Balaban J connectivity index is 1.53. The summed E-state index contributed by atoms with van der Waals surface area (Å²) in [5.74, 6) is 1.79. The maximum atomic E-state index is 5.69. The van der Waals surface area contributed by atoms with Gasteiger partial charge in [0.25, 0.3) is 0 Å². The van der Waals surface area contributed by atoms with E-state index in [1.54, 1.807) is 0 Å². The van der Waals surface area contributed by atoms with Crippen LogP contribution >= 0.6 is 0 Å². The van der Waals surface area contributed by atoms with E-state index >= 15 is 0 Å². The van der Waals surface area contributed by atoms with E-state index in [0.29, 0.717) is 6.61 Å². The molecule has 6 heteroatoms. The number of likely N-dealkylation sites (N-methyl/N-ethyl adjacent to an activating group) is 1. The minimum absolute atomic E-state index is 0.704. The zero-order valence-electron chi connectivity index (χ0n) is 15.7. The van der Waals surface area contributed by atoms with Crippen molar-refractivity contribution in [2.45, 2.75) is 12.8 Å². The minimum Gasteiger partial charge on any atom is -0.494 e. The van der Waals surface area contributed by atoms with E-state index in [4.69, 9.17) is 4.74 Å². The first-order valence-electron chi connectivity index (χ1n) is 9.31. The van der Waals surface area contributed by atoms with Gasteiger partial charge in [-0.05, 0) is 45.1 Å². The molecule has 0 saturated carbocycles. The summed E-state index contributed by atoms with van der Waals surface area (Å²) < 4.78 is 5.69. The van der Waals surface area contributed by atoms with Gasteiger partial charge < -0.3 is 25.2 Å². The molecule has 0 unspecified atom stereocenters. The van der Waals surface area contributed by atoms with E-state index < -0.39 is 0 Å². The zero-order valence-corrected chi connectivity index (χ0v) is 15.7. The Labute approximate surface area is 152 Å². The van der Waals surface area contributed by atoms with Crippen molar-refractivity contribution in [3.05, 3.63) is 30.3 Å². The Morgan fingerprint density at radius 2 is 1.88 bits per heavy atom. The summed E-state index contributed by atoms with van der Waals surface area (Å²) >= 11 is 0. The van der Waals surface area contributed by atoms with Gasteiger partial charge in [-0.15, -0.1) is 0 Å². The maximum absolute atomic E-state index is 5.69. The Morgan fingerprint density at radius 1 is 1.08 bits per heavy atom. The highest BCUT2D eigenvalue weighted by Crippen LogP contribution is 2.08. The van der Waals surface area contributed by atoms with Gasteiger partial charge in [0.2, 0.25) is 0 Å². The fraction of sp³-hybridized carbons (Fsp3) is 0.632. The lowest BCUT2D eigenvalue weighted by molar-refractivity contribution is 0.279. The monoisotopic (exact) mass is 347 g/mol. The minimum atomic E-state index is 0.704. The lowest BCUT2D eigenvalue weighted by Gasteiger charge is -2.21. The fourth-order valence-corrected chi connectivity index (χ4v) is 2.86. The Morgan fingerprint density at radius 3 is 2.68 bits per heavy atom. The number of aliphatic imine (C=N–C) groups is 1. The van der Waals surface area contributed by atoms with Crippen LogP contribution in [0.4, 0.5) is 0 Å². The third-order valence-electron chi connectivity index (χ3n) is 4.38. The highest BCUT2D eigenvalue weighted by atomic mass is 16.5. The van der Waals surface area contributed by atoms with E-state index in [9.17, 15) is 0 Å². The van der Waals surface area contributed by atoms with Crippen LogP contribution in [0.25, 0.3) is 0 Å². The van der Waals surface area contributed by atoms with E-state index in [2.05, 4.69) is 32.5 Å². The second-order valence-corrected chi connectivity index (χ2v) is 6.44. The summed E-state index contributed by atoms with van der Waals surface area (Å²) in [5, 5.41) is 6.74. The van der Waals surface area contributed by atoms with Crippen molar-refractivity contribution in [1.82, 2.24) is 20.4 Å². The molecule has 0 bridgehead atoms. The van der Waals surface area contributed by atoms with Gasteiger partial charge in [-0.2, -0.15) is 0 Å². The molecule has 0 radical (unpaired) electrons. The molecule has 2 N–H and O–H groups in total. The lowest BCUT2D eigenvalue weighted by Crippen LogP contribution is -2.42. The Kier molecular flexibility index (Phi) is 9.15. The van der Waals surface area contributed by atoms with Crippen molar-refractivity contribution in [2.24, 2.45) is 4.99 Å². The topological polar surface area (TPSA) is 52.1 Å². The number of nitrogens with one attached hydrogen (secondary N) is 2. The van der Waals surface area contributed by atoms with Gasteiger partial charge in [0.05, 0.1) is 6.61 Å². The van der Waals surface area contributed by atoms with Crippen molar-refractivity contribution in [1.29, 1.82) is 0 Å². The van der Waals surface area contributed by atoms with Crippen LogP contribution in [0.3, 0.4) is 0 Å². The molecular formula is C19H33N5O.